The number of amides is 1. The zero-order valence-corrected chi connectivity index (χ0v) is 13.0. The van der Waals surface area contributed by atoms with Crippen molar-refractivity contribution in [3.63, 3.8) is 0 Å². The minimum Gasteiger partial charge on any atom is -0.481 e. The van der Waals surface area contributed by atoms with Crippen LogP contribution in [-0.2, 0) is 9.59 Å². The van der Waals surface area contributed by atoms with Crippen LogP contribution in [0.5, 0.6) is 0 Å². The minimum absolute atomic E-state index is 0.113. The normalized spacial score (nSPS) is 11.9. The van der Waals surface area contributed by atoms with Crippen LogP contribution in [-0.4, -0.2) is 29.3 Å². The Hall–Kier alpha value is -1.01. The summed E-state index contributed by atoms with van der Waals surface area (Å²) in [4.78, 5) is 23.2. The van der Waals surface area contributed by atoms with Crippen molar-refractivity contribution in [3.05, 3.63) is 28.7 Å². The molecule has 1 unspecified atom stereocenters. The highest BCUT2D eigenvalue weighted by molar-refractivity contribution is 9.10. The average molecular weight is 346 g/mol. The van der Waals surface area contributed by atoms with Crippen molar-refractivity contribution in [1.82, 2.24) is 5.32 Å². The predicted molar refractivity (Wildman–Crippen MR) is 79.3 cm³/mol. The Balaban J connectivity index is 2.20. The number of thioether (sulfide) groups is 1. The first-order valence-electron chi connectivity index (χ1n) is 5.87. The number of aliphatic carboxylic acids is 1. The van der Waals surface area contributed by atoms with Gasteiger partial charge in [0.05, 0.1) is 5.92 Å². The van der Waals surface area contributed by atoms with Gasteiger partial charge in [0.25, 0.3) is 0 Å². The average Bonchev–Trinajstić information content (AvgIpc) is 2.38. The van der Waals surface area contributed by atoms with E-state index in [2.05, 4.69) is 21.2 Å². The van der Waals surface area contributed by atoms with Crippen LogP contribution in [0.1, 0.15) is 13.3 Å². The van der Waals surface area contributed by atoms with E-state index >= 15 is 0 Å². The maximum atomic E-state index is 11.5. The van der Waals surface area contributed by atoms with Gasteiger partial charge in [-0.05, 0) is 24.3 Å². The molecule has 0 fully saturated rings. The SMILES string of the molecule is CC(CNC(=O)CCSc1ccc(Br)cc1)C(=O)O. The van der Waals surface area contributed by atoms with Crippen LogP contribution in [0.2, 0.25) is 0 Å². The Bertz CT molecular complexity index is 436. The van der Waals surface area contributed by atoms with Crippen molar-refractivity contribution < 1.29 is 14.7 Å². The van der Waals surface area contributed by atoms with Gasteiger partial charge >= 0.3 is 5.97 Å². The van der Waals surface area contributed by atoms with Crippen molar-refractivity contribution >= 4 is 39.6 Å². The Morgan fingerprint density at radius 3 is 2.58 bits per heavy atom. The molecule has 1 atom stereocenters. The number of halogens is 1. The standard InChI is InChI=1S/C13H16BrNO3S/c1-9(13(17)18)8-15-12(16)6-7-19-11-4-2-10(14)3-5-11/h2-5,9H,6-8H2,1H3,(H,15,16)(H,17,18). The molecule has 6 heteroatoms. The van der Waals surface area contributed by atoms with E-state index < -0.39 is 11.9 Å². The third kappa shape index (κ3) is 6.63. The van der Waals surface area contributed by atoms with E-state index in [1.807, 2.05) is 24.3 Å². The molecule has 19 heavy (non-hydrogen) atoms. The highest BCUT2D eigenvalue weighted by atomic mass is 79.9. The summed E-state index contributed by atoms with van der Waals surface area (Å²) in [7, 11) is 0. The molecule has 0 aliphatic heterocycles. The van der Waals surface area contributed by atoms with Crippen molar-refractivity contribution in [2.24, 2.45) is 5.92 Å². The highest BCUT2D eigenvalue weighted by Gasteiger charge is 2.11. The quantitative estimate of drug-likeness (QED) is 0.745. The molecule has 0 aromatic heterocycles. The highest BCUT2D eigenvalue weighted by Crippen LogP contribution is 2.21. The Kier molecular flexibility index (Phi) is 6.94. The second-order valence-electron chi connectivity index (χ2n) is 4.10. The molecular formula is C13H16BrNO3S. The van der Waals surface area contributed by atoms with E-state index in [9.17, 15) is 9.59 Å². The van der Waals surface area contributed by atoms with E-state index in [1.165, 1.54) is 0 Å². The van der Waals surface area contributed by atoms with Gasteiger partial charge in [-0.2, -0.15) is 0 Å². The van der Waals surface area contributed by atoms with Crippen LogP contribution in [0.3, 0.4) is 0 Å². The summed E-state index contributed by atoms with van der Waals surface area (Å²) in [5.74, 6) is -0.889. The lowest BCUT2D eigenvalue weighted by Gasteiger charge is -2.08. The fourth-order valence-electron chi connectivity index (χ4n) is 1.24. The summed E-state index contributed by atoms with van der Waals surface area (Å²) >= 11 is 4.96. The molecule has 1 aromatic rings. The number of hydrogen-bond donors (Lipinski definition) is 2. The topological polar surface area (TPSA) is 66.4 Å². The molecule has 0 spiro atoms. The van der Waals surface area contributed by atoms with Crippen molar-refractivity contribution in [2.45, 2.75) is 18.2 Å². The smallest absolute Gasteiger partial charge is 0.308 e. The first-order valence-corrected chi connectivity index (χ1v) is 7.64. The van der Waals surface area contributed by atoms with Crippen LogP contribution in [0.25, 0.3) is 0 Å². The van der Waals surface area contributed by atoms with Crippen LogP contribution >= 0.6 is 27.7 Å². The van der Waals surface area contributed by atoms with Gasteiger partial charge in [-0.15, -0.1) is 11.8 Å². The lowest BCUT2D eigenvalue weighted by Crippen LogP contribution is -2.31. The summed E-state index contributed by atoms with van der Waals surface area (Å²) in [6.45, 7) is 1.75. The van der Waals surface area contributed by atoms with Crippen molar-refractivity contribution in [3.8, 4) is 0 Å². The summed E-state index contributed by atoms with van der Waals surface area (Å²) in [5, 5.41) is 11.3. The molecule has 104 valence electrons. The van der Waals surface area contributed by atoms with Gasteiger partial charge in [0.2, 0.25) is 5.91 Å². The molecule has 0 aliphatic rings. The number of nitrogens with one attached hydrogen (secondary N) is 1. The van der Waals surface area contributed by atoms with Gasteiger partial charge < -0.3 is 10.4 Å². The largest absolute Gasteiger partial charge is 0.481 e. The van der Waals surface area contributed by atoms with E-state index in [0.717, 1.165) is 9.37 Å². The summed E-state index contributed by atoms with van der Waals surface area (Å²) in [6.07, 6.45) is 0.382. The van der Waals surface area contributed by atoms with Gasteiger partial charge in [0, 0.05) is 28.1 Å². The van der Waals surface area contributed by atoms with Crippen LogP contribution in [0, 0.1) is 5.92 Å². The van der Waals surface area contributed by atoms with E-state index in [-0.39, 0.29) is 12.5 Å². The number of hydrogen-bond acceptors (Lipinski definition) is 3. The summed E-state index contributed by atoms with van der Waals surface area (Å²) in [6, 6.07) is 7.88. The molecule has 0 aliphatic carbocycles. The van der Waals surface area contributed by atoms with E-state index in [4.69, 9.17) is 5.11 Å². The van der Waals surface area contributed by atoms with Crippen molar-refractivity contribution in [1.29, 1.82) is 0 Å². The van der Waals surface area contributed by atoms with Gasteiger partial charge in [0.1, 0.15) is 0 Å². The van der Waals surface area contributed by atoms with Crippen molar-refractivity contribution in [2.75, 3.05) is 12.3 Å². The Morgan fingerprint density at radius 1 is 1.37 bits per heavy atom. The molecule has 2 N–H and O–H groups in total. The van der Waals surface area contributed by atoms with E-state index in [0.29, 0.717) is 12.2 Å². The Labute approximate surface area is 125 Å². The predicted octanol–water partition coefficient (Wildman–Crippen LogP) is 2.77. The summed E-state index contributed by atoms with van der Waals surface area (Å²) in [5.41, 5.74) is 0. The van der Waals surface area contributed by atoms with Gasteiger partial charge in [-0.25, -0.2) is 0 Å². The van der Waals surface area contributed by atoms with E-state index in [1.54, 1.807) is 18.7 Å². The number of carbonyl (C=O) groups excluding carboxylic acids is 1. The second-order valence-corrected chi connectivity index (χ2v) is 6.18. The first kappa shape index (κ1) is 16.0. The molecule has 0 saturated carbocycles. The van der Waals surface area contributed by atoms with Crippen LogP contribution in [0.15, 0.2) is 33.6 Å². The third-order valence-electron chi connectivity index (χ3n) is 2.44. The molecular weight excluding hydrogens is 330 g/mol. The number of carbonyl (C=O) groups is 2. The lowest BCUT2D eigenvalue weighted by atomic mass is 10.2. The number of carboxylic acid groups (broad SMARTS) is 1. The second kappa shape index (κ2) is 8.22. The maximum Gasteiger partial charge on any atom is 0.308 e. The maximum absolute atomic E-state index is 11.5. The zero-order chi connectivity index (χ0) is 14.3. The Morgan fingerprint density at radius 2 is 2.00 bits per heavy atom. The zero-order valence-electron chi connectivity index (χ0n) is 10.6. The minimum atomic E-state index is -0.899. The molecule has 1 amide bonds. The lowest BCUT2D eigenvalue weighted by molar-refractivity contribution is -0.141. The number of benzene rings is 1. The molecule has 0 heterocycles. The van der Waals surface area contributed by atoms with Gasteiger partial charge in [-0.1, -0.05) is 22.9 Å². The van der Waals surface area contributed by atoms with Crippen LogP contribution in [0.4, 0.5) is 0 Å². The summed E-state index contributed by atoms with van der Waals surface area (Å²) < 4.78 is 1.03. The molecule has 0 bridgehead atoms. The van der Waals surface area contributed by atoms with Gasteiger partial charge in [-0.3, -0.25) is 9.59 Å². The fourth-order valence-corrected chi connectivity index (χ4v) is 2.35. The van der Waals surface area contributed by atoms with Crippen LogP contribution < -0.4 is 5.32 Å². The molecule has 0 saturated heterocycles. The fraction of sp³-hybridized carbons (Fsp3) is 0.385. The molecule has 4 nitrogen and oxygen atoms in total. The molecule has 0 radical (unpaired) electrons. The monoisotopic (exact) mass is 345 g/mol. The third-order valence-corrected chi connectivity index (χ3v) is 3.98. The molecule has 1 rings (SSSR count). The first-order chi connectivity index (χ1) is 8.99. The number of carboxylic acids is 1. The molecule has 1 aromatic carbocycles. The number of rotatable bonds is 7. The van der Waals surface area contributed by atoms with Gasteiger partial charge in [0.15, 0.2) is 0 Å².